The topological polar surface area (TPSA) is 109 Å². The largest absolute Gasteiger partial charge is 0.325 e. The van der Waals surface area contributed by atoms with Gasteiger partial charge in [0.05, 0.1) is 17.7 Å². The lowest BCUT2D eigenvalue weighted by molar-refractivity contribution is -0.113. The van der Waals surface area contributed by atoms with Gasteiger partial charge in [0.2, 0.25) is 15.9 Å². The molecule has 2 aromatic rings. The average Bonchev–Trinajstić information content (AvgIpc) is 2.57. The summed E-state index contributed by atoms with van der Waals surface area (Å²) in [5, 5.41) is 2.51. The van der Waals surface area contributed by atoms with Crippen molar-refractivity contribution in [2.75, 3.05) is 27.8 Å². The zero-order chi connectivity index (χ0) is 20.8. The van der Waals surface area contributed by atoms with Crippen LogP contribution < -0.4 is 10.0 Å². The highest BCUT2D eigenvalue weighted by atomic mass is 32.2. The molecule has 0 saturated carbocycles. The molecule has 0 fully saturated rings. The second kappa shape index (κ2) is 9.20. The van der Waals surface area contributed by atoms with Gasteiger partial charge in [0.25, 0.3) is 0 Å². The molecule has 28 heavy (non-hydrogen) atoms. The maximum atomic E-state index is 12.2. The average molecular weight is 425 g/mol. The van der Waals surface area contributed by atoms with E-state index < -0.39 is 31.5 Å². The molecule has 0 saturated heterocycles. The van der Waals surface area contributed by atoms with Gasteiger partial charge >= 0.3 is 0 Å². The Morgan fingerprint density at radius 3 is 2.32 bits per heavy atom. The van der Waals surface area contributed by atoms with Crippen LogP contribution in [0.4, 0.5) is 11.4 Å². The SMILES string of the molecule is Cc1ccc(NC(=O)CS(=O)(=O)CCCc2ccccc2)cc1NS(C)(=O)=O. The van der Waals surface area contributed by atoms with Gasteiger partial charge in [-0.05, 0) is 43.0 Å². The van der Waals surface area contributed by atoms with Gasteiger partial charge in [-0.15, -0.1) is 0 Å². The monoisotopic (exact) mass is 424 g/mol. The van der Waals surface area contributed by atoms with E-state index >= 15 is 0 Å². The molecule has 0 aliphatic heterocycles. The van der Waals surface area contributed by atoms with Gasteiger partial charge in [-0.3, -0.25) is 9.52 Å². The van der Waals surface area contributed by atoms with Crippen LogP contribution in [0.15, 0.2) is 48.5 Å². The molecule has 2 N–H and O–H groups in total. The summed E-state index contributed by atoms with van der Waals surface area (Å²) in [6.07, 6.45) is 2.09. The highest BCUT2D eigenvalue weighted by Gasteiger charge is 2.17. The minimum atomic E-state index is -3.54. The van der Waals surface area contributed by atoms with Gasteiger partial charge < -0.3 is 5.32 Å². The number of sulfone groups is 1. The van der Waals surface area contributed by atoms with Crippen molar-refractivity contribution in [3.8, 4) is 0 Å². The molecule has 2 aromatic carbocycles. The second-order valence-corrected chi connectivity index (χ2v) is 10.6. The number of aryl methyl sites for hydroxylation is 2. The Morgan fingerprint density at radius 2 is 1.68 bits per heavy atom. The lowest BCUT2D eigenvalue weighted by Gasteiger charge is -2.11. The maximum Gasteiger partial charge on any atom is 0.239 e. The quantitative estimate of drug-likeness (QED) is 0.642. The molecule has 0 aliphatic carbocycles. The molecule has 0 unspecified atom stereocenters. The van der Waals surface area contributed by atoms with Crippen LogP contribution in [0.25, 0.3) is 0 Å². The summed E-state index contributed by atoms with van der Waals surface area (Å²) in [6.45, 7) is 1.72. The van der Waals surface area contributed by atoms with Crippen LogP contribution in [0.5, 0.6) is 0 Å². The summed E-state index contributed by atoms with van der Waals surface area (Å²) in [5.74, 6) is -1.36. The van der Waals surface area contributed by atoms with Crippen molar-refractivity contribution in [1.82, 2.24) is 0 Å². The smallest absolute Gasteiger partial charge is 0.239 e. The Balaban J connectivity index is 1.92. The Labute approximate surface area is 166 Å². The van der Waals surface area contributed by atoms with Gasteiger partial charge in [-0.1, -0.05) is 36.4 Å². The van der Waals surface area contributed by atoms with Crippen molar-refractivity contribution >= 4 is 37.1 Å². The number of sulfonamides is 1. The van der Waals surface area contributed by atoms with Crippen molar-refractivity contribution in [1.29, 1.82) is 0 Å². The Hall–Kier alpha value is -2.39. The summed E-state index contributed by atoms with van der Waals surface area (Å²) in [6, 6.07) is 14.2. The minimum Gasteiger partial charge on any atom is -0.325 e. The number of nitrogens with one attached hydrogen (secondary N) is 2. The van der Waals surface area contributed by atoms with E-state index in [0.717, 1.165) is 11.8 Å². The van der Waals surface area contributed by atoms with E-state index in [1.807, 2.05) is 30.3 Å². The molecule has 7 nitrogen and oxygen atoms in total. The third kappa shape index (κ3) is 7.69. The number of hydrogen-bond donors (Lipinski definition) is 2. The van der Waals surface area contributed by atoms with Crippen LogP contribution in [0.2, 0.25) is 0 Å². The van der Waals surface area contributed by atoms with Crippen LogP contribution in [-0.2, 0) is 31.1 Å². The van der Waals surface area contributed by atoms with Crippen LogP contribution in [0.1, 0.15) is 17.5 Å². The van der Waals surface area contributed by atoms with E-state index in [4.69, 9.17) is 0 Å². The fraction of sp³-hybridized carbons (Fsp3) is 0.316. The van der Waals surface area contributed by atoms with Crippen LogP contribution in [-0.4, -0.2) is 40.5 Å². The van der Waals surface area contributed by atoms with E-state index in [1.165, 1.54) is 6.07 Å². The Kier molecular flexibility index (Phi) is 7.20. The first-order valence-corrected chi connectivity index (χ1v) is 12.4. The van der Waals surface area contributed by atoms with E-state index in [2.05, 4.69) is 10.0 Å². The summed E-state index contributed by atoms with van der Waals surface area (Å²) in [5.41, 5.74) is 2.37. The highest BCUT2D eigenvalue weighted by Crippen LogP contribution is 2.21. The fourth-order valence-electron chi connectivity index (χ4n) is 2.62. The molecule has 0 atom stereocenters. The summed E-state index contributed by atoms with van der Waals surface area (Å²) < 4.78 is 49.5. The molecule has 0 bridgehead atoms. The van der Waals surface area contributed by atoms with Crippen molar-refractivity contribution in [3.63, 3.8) is 0 Å². The first-order valence-electron chi connectivity index (χ1n) is 8.67. The Morgan fingerprint density at radius 1 is 1.00 bits per heavy atom. The summed E-state index contributed by atoms with van der Waals surface area (Å²) in [7, 11) is -7.01. The lowest BCUT2D eigenvalue weighted by Crippen LogP contribution is -2.25. The van der Waals surface area contributed by atoms with Crippen LogP contribution in [0.3, 0.4) is 0 Å². The second-order valence-electron chi connectivity index (χ2n) is 6.63. The summed E-state index contributed by atoms with van der Waals surface area (Å²) >= 11 is 0. The van der Waals surface area contributed by atoms with Crippen LogP contribution >= 0.6 is 0 Å². The van der Waals surface area contributed by atoms with Crippen molar-refractivity contribution in [2.24, 2.45) is 0 Å². The molecule has 0 radical (unpaired) electrons. The van der Waals surface area contributed by atoms with Crippen LogP contribution in [0, 0.1) is 6.92 Å². The summed E-state index contributed by atoms with van der Waals surface area (Å²) in [4.78, 5) is 12.1. The molecule has 0 spiro atoms. The molecule has 0 aliphatic rings. The molecular weight excluding hydrogens is 400 g/mol. The van der Waals surface area contributed by atoms with E-state index in [-0.39, 0.29) is 5.75 Å². The predicted molar refractivity (Wildman–Crippen MR) is 112 cm³/mol. The minimum absolute atomic E-state index is 0.0793. The fourth-order valence-corrected chi connectivity index (χ4v) is 4.44. The highest BCUT2D eigenvalue weighted by molar-refractivity contribution is 7.92. The maximum absolute atomic E-state index is 12.2. The molecular formula is C19H24N2O5S2. The number of rotatable bonds is 9. The van der Waals surface area contributed by atoms with Gasteiger partial charge in [-0.25, -0.2) is 16.8 Å². The first kappa shape index (κ1) is 21.9. The predicted octanol–water partition coefficient (Wildman–Crippen LogP) is 2.35. The number of benzene rings is 2. The van der Waals surface area contributed by atoms with Gasteiger partial charge in [0.15, 0.2) is 9.84 Å². The van der Waals surface area contributed by atoms with Gasteiger partial charge in [0.1, 0.15) is 5.75 Å². The molecule has 9 heteroatoms. The number of hydrogen-bond acceptors (Lipinski definition) is 5. The molecule has 1 amide bonds. The zero-order valence-corrected chi connectivity index (χ0v) is 17.4. The zero-order valence-electron chi connectivity index (χ0n) is 15.8. The first-order chi connectivity index (χ1) is 13.0. The standard InChI is InChI=1S/C19H24N2O5S2/c1-15-10-11-17(13-18(15)21-27(2,23)24)20-19(22)14-28(25,26)12-6-9-16-7-4-3-5-8-16/h3-5,7-8,10-11,13,21H,6,9,12,14H2,1-2H3,(H,20,22). The van der Waals surface area contributed by atoms with Gasteiger partial charge in [-0.2, -0.15) is 0 Å². The number of amides is 1. The van der Waals surface area contributed by atoms with Crippen molar-refractivity contribution in [2.45, 2.75) is 19.8 Å². The van der Waals surface area contributed by atoms with Crippen molar-refractivity contribution in [3.05, 3.63) is 59.7 Å². The van der Waals surface area contributed by atoms with E-state index in [1.54, 1.807) is 19.1 Å². The van der Waals surface area contributed by atoms with Crippen molar-refractivity contribution < 1.29 is 21.6 Å². The number of anilines is 2. The number of carbonyl (C=O) groups is 1. The third-order valence-electron chi connectivity index (χ3n) is 3.93. The molecule has 0 aromatic heterocycles. The third-order valence-corrected chi connectivity index (χ3v) is 6.13. The number of carbonyl (C=O) groups excluding carboxylic acids is 1. The van der Waals surface area contributed by atoms with Gasteiger partial charge in [0, 0.05) is 5.69 Å². The molecule has 152 valence electrons. The molecule has 2 rings (SSSR count). The van der Waals surface area contributed by atoms with E-state index in [9.17, 15) is 21.6 Å². The molecule has 0 heterocycles. The Bertz CT molecular complexity index is 1030. The van der Waals surface area contributed by atoms with E-state index in [0.29, 0.717) is 29.8 Å². The normalized spacial score (nSPS) is 11.8. The lowest BCUT2D eigenvalue weighted by atomic mass is 10.1.